The first-order valence-corrected chi connectivity index (χ1v) is 7.15. The van der Waals surface area contributed by atoms with E-state index in [1.165, 1.54) is 6.20 Å². The van der Waals surface area contributed by atoms with Gasteiger partial charge in [0.1, 0.15) is 5.52 Å². The number of fused-ring (bicyclic) bond motifs is 1. The highest BCUT2D eigenvalue weighted by atomic mass is 32.1. The minimum Gasteiger partial charge on any atom is -0.393 e. The van der Waals surface area contributed by atoms with E-state index >= 15 is 0 Å². The fourth-order valence-corrected chi connectivity index (χ4v) is 2.15. The van der Waals surface area contributed by atoms with Gasteiger partial charge in [-0.25, -0.2) is 4.98 Å². The highest BCUT2D eigenvalue weighted by Gasteiger charge is 2.21. The Morgan fingerprint density at radius 2 is 2.20 bits per heavy atom. The SMILES string of the molecule is CC(C)(C)C(O)CCNC(=O)c1cnc2nsnc2c1. The normalized spacial score (nSPS) is 13.4. The fourth-order valence-electron chi connectivity index (χ4n) is 1.67. The number of nitrogens with zero attached hydrogens (tertiary/aromatic N) is 3. The Morgan fingerprint density at radius 3 is 2.90 bits per heavy atom. The summed E-state index contributed by atoms with van der Waals surface area (Å²) in [6, 6.07) is 1.67. The van der Waals surface area contributed by atoms with Crippen molar-refractivity contribution in [2.75, 3.05) is 6.54 Å². The zero-order valence-electron chi connectivity index (χ0n) is 11.8. The summed E-state index contributed by atoms with van der Waals surface area (Å²) in [7, 11) is 0. The van der Waals surface area contributed by atoms with Crippen molar-refractivity contribution >= 4 is 28.8 Å². The van der Waals surface area contributed by atoms with Gasteiger partial charge in [-0.1, -0.05) is 20.8 Å². The minimum atomic E-state index is -0.453. The van der Waals surface area contributed by atoms with Crippen LogP contribution < -0.4 is 5.32 Å². The molecule has 0 saturated carbocycles. The molecule has 0 bridgehead atoms. The number of aliphatic hydroxyl groups is 1. The summed E-state index contributed by atoms with van der Waals surface area (Å²) < 4.78 is 8.04. The predicted molar refractivity (Wildman–Crippen MR) is 77.6 cm³/mol. The number of nitrogens with one attached hydrogen (secondary N) is 1. The molecular formula is C13H18N4O2S. The van der Waals surface area contributed by atoms with Crippen molar-refractivity contribution in [2.24, 2.45) is 5.41 Å². The van der Waals surface area contributed by atoms with Crippen molar-refractivity contribution in [2.45, 2.75) is 33.3 Å². The summed E-state index contributed by atoms with van der Waals surface area (Å²) in [6.45, 7) is 6.32. The first kappa shape index (κ1) is 14.8. The summed E-state index contributed by atoms with van der Waals surface area (Å²) in [5.41, 5.74) is 1.44. The number of hydrogen-bond acceptors (Lipinski definition) is 6. The molecule has 0 radical (unpaired) electrons. The second kappa shape index (κ2) is 5.80. The second-order valence-electron chi connectivity index (χ2n) is 5.76. The largest absolute Gasteiger partial charge is 0.393 e. The Kier molecular flexibility index (Phi) is 4.29. The number of carbonyl (C=O) groups is 1. The molecule has 0 fully saturated rings. The Labute approximate surface area is 121 Å². The van der Waals surface area contributed by atoms with E-state index in [4.69, 9.17) is 0 Å². The topological polar surface area (TPSA) is 88.0 Å². The molecule has 2 N–H and O–H groups in total. The van der Waals surface area contributed by atoms with Crippen molar-refractivity contribution in [3.8, 4) is 0 Å². The zero-order chi connectivity index (χ0) is 14.8. The highest BCUT2D eigenvalue weighted by Crippen LogP contribution is 2.21. The lowest BCUT2D eigenvalue weighted by atomic mass is 9.87. The fraction of sp³-hybridized carbons (Fsp3) is 0.538. The maximum absolute atomic E-state index is 12.0. The van der Waals surface area contributed by atoms with Crippen LogP contribution in [0.3, 0.4) is 0 Å². The highest BCUT2D eigenvalue weighted by molar-refractivity contribution is 7.00. The maximum atomic E-state index is 12.0. The molecule has 2 rings (SSSR count). The van der Waals surface area contributed by atoms with Crippen LogP contribution in [0.5, 0.6) is 0 Å². The van der Waals surface area contributed by atoms with Gasteiger partial charge in [-0.3, -0.25) is 4.79 Å². The quantitative estimate of drug-likeness (QED) is 0.894. The Balaban J connectivity index is 1.91. The van der Waals surface area contributed by atoms with Gasteiger partial charge < -0.3 is 10.4 Å². The number of aliphatic hydroxyl groups excluding tert-OH is 1. The first-order chi connectivity index (χ1) is 9.38. The molecule has 0 aliphatic rings. The summed E-state index contributed by atoms with van der Waals surface area (Å²) in [5, 5.41) is 12.7. The number of amides is 1. The van der Waals surface area contributed by atoms with E-state index in [0.29, 0.717) is 29.7 Å². The van der Waals surface area contributed by atoms with Crippen molar-refractivity contribution < 1.29 is 9.90 Å². The third kappa shape index (κ3) is 3.49. The van der Waals surface area contributed by atoms with Gasteiger partial charge in [0.2, 0.25) is 0 Å². The third-order valence-electron chi connectivity index (χ3n) is 3.08. The van der Waals surface area contributed by atoms with Gasteiger partial charge in [0.15, 0.2) is 5.65 Å². The van der Waals surface area contributed by atoms with Gasteiger partial charge in [0.05, 0.1) is 23.4 Å². The van der Waals surface area contributed by atoms with Crippen molar-refractivity contribution in [3.63, 3.8) is 0 Å². The molecule has 6 nitrogen and oxygen atoms in total. The third-order valence-corrected chi connectivity index (χ3v) is 3.61. The molecule has 2 heterocycles. The second-order valence-corrected chi connectivity index (χ2v) is 6.29. The summed E-state index contributed by atoms with van der Waals surface area (Å²) in [4.78, 5) is 16.0. The van der Waals surface area contributed by atoms with Crippen molar-refractivity contribution in [3.05, 3.63) is 17.8 Å². The Hall–Kier alpha value is -1.60. The molecule has 0 aliphatic heterocycles. The van der Waals surface area contributed by atoms with Gasteiger partial charge in [-0.2, -0.15) is 8.75 Å². The van der Waals surface area contributed by atoms with E-state index in [9.17, 15) is 9.90 Å². The number of rotatable bonds is 4. The maximum Gasteiger partial charge on any atom is 0.252 e. The molecule has 2 aromatic heterocycles. The standard InChI is InChI=1S/C13H18N4O2S/c1-13(2,3)10(18)4-5-14-12(19)8-6-9-11(15-7-8)17-20-16-9/h6-7,10,18H,4-5H2,1-3H3,(H,14,19). The summed E-state index contributed by atoms with van der Waals surface area (Å²) >= 11 is 1.07. The van der Waals surface area contributed by atoms with E-state index in [2.05, 4.69) is 19.0 Å². The molecule has 1 amide bonds. The van der Waals surface area contributed by atoms with Crippen LogP contribution >= 0.6 is 11.7 Å². The van der Waals surface area contributed by atoms with Gasteiger partial charge in [0.25, 0.3) is 5.91 Å². The van der Waals surface area contributed by atoms with Crippen LogP contribution in [0.25, 0.3) is 11.2 Å². The van der Waals surface area contributed by atoms with Crippen LogP contribution in [-0.4, -0.2) is 37.4 Å². The van der Waals surface area contributed by atoms with E-state index in [1.807, 2.05) is 20.8 Å². The average molecular weight is 294 g/mol. The van der Waals surface area contributed by atoms with Gasteiger partial charge in [-0.15, -0.1) is 0 Å². The van der Waals surface area contributed by atoms with Crippen LogP contribution in [0.15, 0.2) is 12.3 Å². The summed E-state index contributed by atoms with van der Waals surface area (Å²) in [5.74, 6) is -0.214. The van der Waals surface area contributed by atoms with Crippen molar-refractivity contribution in [1.29, 1.82) is 0 Å². The number of aromatic nitrogens is 3. The van der Waals surface area contributed by atoms with Crippen LogP contribution in [0.2, 0.25) is 0 Å². The van der Waals surface area contributed by atoms with Crippen LogP contribution in [0.1, 0.15) is 37.6 Å². The van der Waals surface area contributed by atoms with Gasteiger partial charge >= 0.3 is 0 Å². The van der Waals surface area contributed by atoms with E-state index in [0.717, 1.165) is 11.7 Å². The average Bonchev–Trinajstić information content (AvgIpc) is 2.84. The molecule has 2 aromatic rings. The monoisotopic (exact) mass is 294 g/mol. The molecule has 0 saturated heterocycles. The zero-order valence-corrected chi connectivity index (χ0v) is 12.6. The molecule has 0 spiro atoms. The van der Waals surface area contributed by atoms with E-state index in [1.54, 1.807) is 6.07 Å². The minimum absolute atomic E-state index is 0.183. The van der Waals surface area contributed by atoms with Crippen LogP contribution in [-0.2, 0) is 0 Å². The van der Waals surface area contributed by atoms with Crippen LogP contribution in [0, 0.1) is 5.41 Å². The van der Waals surface area contributed by atoms with E-state index < -0.39 is 6.10 Å². The molecule has 0 aliphatic carbocycles. The van der Waals surface area contributed by atoms with Gasteiger partial charge in [0, 0.05) is 12.7 Å². The molecule has 1 unspecified atom stereocenters. The lowest BCUT2D eigenvalue weighted by Crippen LogP contribution is -2.32. The molecule has 20 heavy (non-hydrogen) atoms. The van der Waals surface area contributed by atoms with Gasteiger partial charge in [-0.05, 0) is 17.9 Å². The van der Waals surface area contributed by atoms with Crippen LogP contribution in [0.4, 0.5) is 0 Å². The Bertz CT molecular complexity index is 606. The molecule has 1 atom stereocenters. The lowest BCUT2D eigenvalue weighted by Gasteiger charge is -2.25. The van der Waals surface area contributed by atoms with E-state index in [-0.39, 0.29) is 11.3 Å². The molecule has 7 heteroatoms. The summed E-state index contributed by atoms with van der Waals surface area (Å²) in [6.07, 6.45) is 1.55. The number of carbonyl (C=O) groups excluding carboxylic acids is 1. The molecule has 0 aromatic carbocycles. The van der Waals surface area contributed by atoms with Crippen molar-refractivity contribution in [1.82, 2.24) is 19.0 Å². The predicted octanol–water partition coefficient (Wildman–Crippen LogP) is 1.61. The smallest absolute Gasteiger partial charge is 0.252 e. The molecule has 108 valence electrons. The number of hydrogen-bond donors (Lipinski definition) is 2. The first-order valence-electron chi connectivity index (χ1n) is 6.42. The Morgan fingerprint density at radius 1 is 1.45 bits per heavy atom. The lowest BCUT2D eigenvalue weighted by molar-refractivity contribution is 0.0551. The molecular weight excluding hydrogens is 276 g/mol. The number of pyridine rings is 1.